The quantitative estimate of drug-likeness (QED) is 0.675. The number of carbonyl (C=O) groups is 1. The monoisotopic (exact) mass is 229 g/mol. The molecule has 0 saturated carbocycles. The van der Waals surface area contributed by atoms with E-state index in [0.717, 1.165) is 25.9 Å². The highest BCUT2D eigenvalue weighted by molar-refractivity contribution is 5.73. The lowest BCUT2D eigenvalue weighted by Gasteiger charge is -2.22. The molecule has 0 bridgehead atoms. The maximum Gasteiger partial charge on any atom is 0.219 e. The van der Waals surface area contributed by atoms with Gasteiger partial charge in [-0.15, -0.1) is 0 Å². The molecule has 0 aliphatic carbocycles. The van der Waals surface area contributed by atoms with Crippen LogP contribution in [0.4, 0.5) is 0 Å². The molecular weight excluding hydrogens is 198 g/mol. The zero-order valence-corrected chi connectivity index (χ0v) is 12.3. The van der Waals surface area contributed by atoms with E-state index in [1.165, 1.54) is 0 Å². The third-order valence-corrected chi connectivity index (χ3v) is 2.40. The molecule has 0 rings (SSSR count). The SMILES string of the molecule is CC.CC(=O)N(CCC(C)C)CCC(C)C. The van der Waals surface area contributed by atoms with Gasteiger partial charge >= 0.3 is 0 Å². The highest BCUT2D eigenvalue weighted by atomic mass is 16.2. The van der Waals surface area contributed by atoms with Gasteiger partial charge < -0.3 is 4.90 Å². The van der Waals surface area contributed by atoms with Crippen LogP contribution >= 0.6 is 0 Å². The van der Waals surface area contributed by atoms with E-state index in [-0.39, 0.29) is 5.91 Å². The Morgan fingerprint density at radius 2 is 1.25 bits per heavy atom. The molecule has 0 radical (unpaired) electrons. The summed E-state index contributed by atoms with van der Waals surface area (Å²) in [5.74, 6) is 1.57. The van der Waals surface area contributed by atoms with Crippen molar-refractivity contribution in [2.75, 3.05) is 13.1 Å². The van der Waals surface area contributed by atoms with Crippen LogP contribution in [0, 0.1) is 11.8 Å². The maximum atomic E-state index is 11.3. The molecule has 0 fully saturated rings. The summed E-state index contributed by atoms with van der Waals surface area (Å²) in [7, 11) is 0. The van der Waals surface area contributed by atoms with Crippen LogP contribution in [0.2, 0.25) is 0 Å². The van der Waals surface area contributed by atoms with Crippen molar-refractivity contribution in [3.63, 3.8) is 0 Å². The molecule has 0 spiro atoms. The molecule has 1 amide bonds. The summed E-state index contributed by atoms with van der Waals surface area (Å²) >= 11 is 0. The van der Waals surface area contributed by atoms with E-state index in [4.69, 9.17) is 0 Å². The predicted octanol–water partition coefficient (Wildman–Crippen LogP) is 3.95. The van der Waals surface area contributed by atoms with E-state index in [1.54, 1.807) is 6.92 Å². The lowest BCUT2D eigenvalue weighted by atomic mass is 10.1. The molecular formula is C14H31NO. The van der Waals surface area contributed by atoms with Gasteiger partial charge in [0.1, 0.15) is 0 Å². The van der Waals surface area contributed by atoms with Crippen molar-refractivity contribution in [1.82, 2.24) is 4.90 Å². The number of carbonyl (C=O) groups excluding carboxylic acids is 1. The standard InChI is InChI=1S/C12H25NO.C2H6/c1-10(2)6-8-13(12(5)14)9-7-11(3)4;1-2/h10-11H,6-9H2,1-5H3;1-2H3. The van der Waals surface area contributed by atoms with Gasteiger partial charge in [-0.2, -0.15) is 0 Å². The smallest absolute Gasteiger partial charge is 0.219 e. The number of hydrogen-bond acceptors (Lipinski definition) is 1. The van der Waals surface area contributed by atoms with Gasteiger partial charge in [0.2, 0.25) is 5.91 Å². The van der Waals surface area contributed by atoms with Crippen molar-refractivity contribution in [2.24, 2.45) is 11.8 Å². The first-order valence-corrected chi connectivity index (χ1v) is 6.69. The van der Waals surface area contributed by atoms with Crippen LogP contribution in [0.5, 0.6) is 0 Å². The Hall–Kier alpha value is -0.530. The topological polar surface area (TPSA) is 20.3 Å². The fourth-order valence-electron chi connectivity index (χ4n) is 1.25. The first-order chi connectivity index (χ1) is 7.43. The van der Waals surface area contributed by atoms with Gasteiger partial charge in [-0.25, -0.2) is 0 Å². The summed E-state index contributed by atoms with van der Waals surface area (Å²) in [6.07, 6.45) is 2.22. The highest BCUT2D eigenvalue weighted by Crippen LogP contribution is 2.06. The number of hydrogen-bond donors (Lipinski definition) is 0. The van der Waals surface area contributed by atoms with Crippen molar-refractivity contribution >= 4 is 5.91 Å². The van der Waals surface area contributed by atoms with E-state index in [0.29, 0.717) is 11.8 Å². The highest BCUT2D eigenvalue weighted by Gasteiger charge is 2.09. The normalized spacial score (nSPS) is 10.1. The summed E-state index contributed by atoms with van der Waals surface area (Å²) < 4.78 is 0. The zero-order valence-electron chi connectivity index (χ0n) is 12.3. The van der Waals surface area contributed by atoms with E-state index >= 15 is 0 Å². The Kier molecular flexibility index (Phi) is 12.2. The second kappa shape index (κ2) is 11.0. The van der Waals surface area contributed by atoms with E-state index in [2.05, 4.69) is 27.7 Å². The molecule has 98 valence electrons. The molecule has 0 aliphatic rings. The van der Waals surface area contributed by atoms with Crippen LogP contribution in [0.15, 0.2) is 0 Å². The van der Waals surface area contributed by atoms with Crippen LogP contribution in [-0.4, -0.2) is 23.9 Å². The first kappa shape index (κ1) is 17.9. The summed E-state index contributed by atoms with van der Waals surface area (Å²) in [4.78, 5) is 13.3. The first-order valence-electron chi connectivity index (χ1n) is 6.69. The van der Waals surface area contributed by atoms with Gasteiger partial charge in [0, 0.05) is 20.0 Å². The molecule has 0 aromatic carbocycles. The fourth-order valence-corrected chi connectivity index (χ4v) is 1.25. The summed E-state index contributed by atoms with van der Waals surface area (Å²) in [5.41, 5.74) is 0. The molecule has 0 aliphatic heterocycles. The Balaban J connectivity index is 0. The molecule has 0 atom stereocenters. The molecule has 0 N–H and O–H groups in total. The summed E-state index contributed by atoms with van der Waals surface area (Å²) in [6, 6.07) is 0. The minimum absolute atomic E-state index is 0.214. The molecule has 0 saturated heterocycles. The van der Waals surface area contributed by atoms with Crippen LogP contribution in [-0.2, 0) is 4.79 Å². The van der Waals surface area contributed by atoms with Crippen molar-refractivity contribution in [2.45, 2.75) is 61.3 Å². The van der Waals surface area contributed by atoms with Crippen molar-refractivity contribution in [3.05, 3.63) is 0 Å². The van der Waals surface area contributed by atoms with Crippen molar-refractivity contribution < 1.29 is 4.79 Å². The Morgan fingerprint density at radius 3 is 1.44 bits per heavy atom. The zero-order chi connectivity index (χ0) is 13.1. The molecule has 0 aromatic rings. The van der Waals surface area contributed by atoms with Gasteiger partial charge in [-0.05, 0) is 24.7 Å². The Morgan fingerprint density at radius 1 is 0.938 bits per heavy atom. The average molecular weight is 229 g/mol. The molecule has 2 heteroatoms. The average Bonchev–Trinajstić information content (AvgIpc) is 2.19. The summed E-state index contributed by atoms with van der Waals surface area (Å²) in [5, 5.41) is 0. The van der Waals surface area contributed by atoms with Crippen LogP contribution in [0.3, 0.4) is 0 Å². The number of rotatable bonds is 6. The third-order valence-electron chi connectivity index (χ3n) is 2.40. The minimum atomic E-state index is 0.214. The largest absolute Gasteiger partial charge is 0.343 e. The van der Waals surface area contributed by atoms with Gasteiger partial charge in [0.05, 0.1) is 0 Å². The second-order valence-electron chi connectivity index (χ2n) is 4.87. The molecule has 0 heterocycles. The number of amides is 1. The molecule has 0 unspecified atom stereocenters. The lowest BCUT2D eigenvalue weighted by Crippen LogP contribution is -2.32. The van der Waals surface area contributed by atoms with Gasteiger partial charge in [-0.1, -0.05) is 41.5 Å². The van der Waals surface area contributed by atoms with E-state index in [1.807, 2.05) is 18.7 Å². The van der Waals surface area contributed by atoms with Gasteiger partial charge in [-0.3, -0.25) is 4.79 Å². The molecule has 16 heavy (non-hydrogen) atoms. The number of nitrogens with zero attached hydrogens (tertiary/aromatic N) is 1. The molecule has 2 nitrogen and oxygen atoms in total. The van der Waals surface area contributed by atoms with Crippen molar-refractivity contribution in [1.29, 1.82) is 0 Å². The second-order valence-corrected chi connectivity index (χ2v) is 4.87. The van der Waals surface area contributed by atoms with E-state index < -0.39 is 0 Å². The maximum absolute atomic E-state index is 11.3. The fraction of sp³-hybridized carbons (Fsp3) is 0.929. The van der Waals surface area contributed by atoms with Crippen LogP contribution < -0.4 is 0 Å². The third kappa shape index (κ3) is 11.5. The van der Waals surface area contributed by atoms with Gasteiger partial charge in [0.15, 0.2) is 0 Å². The summed E-state index contributed by atoms with van der Waals surface area (Å²) in [6.45, 7) is 16.3. The Labute approximate surface area is 102 Å². The van der Waals surface area contributed by atoms with E-state index in [9.17, 15) is 4.79 Å². The predicted molar refractivity (Wildman–Crippen MR) is 72.5 cm³/mol. The van der Waals surface area contributed by atoms with Crippen molar-refractivity contribution in [3.8, 4) is 0 Å². The van der Waals surface area contributed by atoms with Crippen LogP contribution in [0.25, 0.3) is 0 Å². The minimum Gasteiger partial charge on any atom is -0.343 e. The lowest BCUT2D eigenvalue weighted by molar-refractivity contribution is -0.129. The van der Waals surface area contributed by atoms with Crippen LogP contribution in [0.1, 0.15) is 61.3 Å². The van der Waals surface area contributed by atoms with Gasteiger partial charge in [0.25, 0.3) is 0 Å². The molecule has 0 aromatic heterocycles. The Bertz CT molecular complexity index is 152.